The molecule has 0 atom stereocenters. The largest absolute Gasteiger partial charge is 0.340 e. The van der Waals surface area contributed by atoms with Crippen LogP contribution in [0.5, 0.6) is 0 Å². The Bertz CT molecular complexity index is 921. The fourth-order valence-corrected chi connectivity index (χ4v) is 2.53. The quantitative estimate of drug-likeness (QED) is 0.657. The first kappa shape index (κ1) is 23.5. The number of nitrogens with one attached hydrogen (secondary N) is 2. The molecule has 0 saturated heterocycles. The second-order valence-electron chi connectivity index (χ2n) is 6.88. The fourth-order valence-electron chi connectivity index (χ4n) is 2.18. The van der Waals surface area contributed by atoms with E-state index in [-0.39, 0.29) is 46.4 Å². The highest BCUT2D eigenvalue weighted by atomic mass is 35.5. The summed E-state index contributed by atoms with van der Waals surface area (Å²) in [5.74, 6) is 5.79. The molecule has 0 bridgehead atoms. The first-order chi connectivity index (χ1) is 14.2. The molecular formula is C20H22Cl2N6O2. The zero-order chi connectivity index (χ0) is 22.3. The van der Waals surface area contributed by atoms with E-state index < -0.39 is 11.8 Å². The summed E-state index contributed by atoms with van der Waals surface area (Å²) in [6, 6.07) is 0. The van der Waals surface area contributed by atoms with E-state index in [2.05, 4.69) is 42.4 Å². The summed E-state index contributed by atoms with van der Waals surface area (Å²) in [5, 5.41) is 5.56. The van der Waals surface area contributed by atoms with E-state index in [1.807, 2.05) is 27.7 Å². The molecule has 0 aliphatic rings. The van der Waals surface area contributed by atoms with E-state index in [1.54, 1.807) is 0 Å². The van der Waals surface area contributed by atoms with Gasteiger partial charge in [0.2, 0.25) is 0 Å². The van der Waals surface area contributed by atoms with Crippen molar-refractivity contribution in [2.24, 2.45) is 0 Å². The normalized spacial score (nSPS) is 10.5. The van der Waals surface area contributed by atoms with Crippen molar-refractivity contribution in [2.75, 3.05) is 13.1 Å². The topological polar surface area (TPSA) is 110 Å². The summed E-state index contributed by atoms with van der Waals surface area (Å²) in [5.41, 5.74) is 0.203. The van der Waals surface area contributed by atoms with Gasteiger partial charge in [-0.2, -0.15) is 0 Å². The smallest absolute Gasteiger partial charge is 0.272 e. The molecule has 0 aliphatic carbocycles. The number of nitrogens with zero attached hydrogens (tertiary/aromatic N) is 4. The van der Waals surface area contributed by atoms with E-state index in [9.17, 15) is 9.59 Å². The average Bonchev–Trinajstić information content (AvgIpc) is 2.70. The molecule has 2 rings (SSSR count). The highest BCUT2D eigenvalue weighted by molar-refractivity contribution is 6.33. The molecule has 158 valence electrons. The maximum Gasteiger partial charge on any atom is 0.272 e. The van der Waals surface area contributed by atoms with Gasteiger partial charge in [0.05, 0.1) is 35.5 Å². The van der Waals surface area contributed by atoms with Crippen LogP contribution >= 0.6 is 23.2 Å². The molecule has 2 aromatic rings. The van der Waals surface area contributed by atoms with Crippen LogP contribution in [0.25, 0.3) is 0 Å². The second-order valence-corrected chi connectivity index (χ2v) is 7.69. The molecule has 0 radical (unpaired) electrons. The Hall–Kier alpha value is -2.76. The lowest BCUT2D eigenvalue weighted by Gasteiger charge is -2.08. The molecule has 30 heavy (non-hydrogen) atoms. The van der Waals surface area contributed by atoms with Gasteiger partial charge in [-0.05, 0) is 0 Å². The van der Waals surface area contributed by atoms with Crippen molar-refractivity contribution in [3.05, 3.63) is 45.5 Å². The zero-order valence-electron chi connectivity index (χ0n) is 17.1. The Morgan fingerprint density at radius 3 is 1.53 bits per heavy atom. The van der Waals surface area contributed by atoms with Crippen molar-refractivity contribution in [3.63, 3.8) is 0 Å². The van der Waals surface area contributed by atoms with E-state index in [4.69, 9.17) is 23.2 Å². The van der Waals surface area contributed by atoms with Crippen molar-refractivity contribution in [3.8, 4) is 11.8 Å². The summed E-state index contributed by atoms with van der Waals surface area (Å²) in [7, 11) is 0. The van der Waals surface area contributed by atoms with Gasteiger partial charge >= 0.3 is 0 Å². The zero-order valence-corrected chi connectivity index (χ0v) is 18.6. The Labute approximate surface area is 185 Å². The molecule has 0 aromatic carbocycles. The van der Waals surface area contributed by atoms with Gasteiger partial charge < -0.3 is 10.6 Å². The first-order valence-corrected chi connectivity index (χ1v) is 10.0. The van der Waals surface area contributed by atoms with E-state index in [1.165, 1.54) is 12.4 Å². The standard InChI is InChI=1S/C20H22Cl2N6O2/c1-11(2)17-25-9-13(21)15(27-17)19(29)23-7-5-6-8-24-20(30)16-14(22)10-26-18(28-16)12(3)4/h9-12H,7-8H2,1-4H3,(H,23,29)(H,24,30). The molecule has 2 amide bonds. The predicted octanol–water partition coefficient (Wildman–Crippen LogP) is 2.98. The molecule has 2 N–H and O–H groups in total. The molecule has 0 spiro atoms. The van der Waals surface area contributed by atoms with Gasteiger partial charge in [0.25, 0.3) is 11.8 Å². The third-order valence-electron chi connectivity index (χ3n) is 3.79. The Morgan fingerprint density at radius 2 is 1.20 bits per heavy atom. The van der Waals surface area contributed by atoms with Gasteiger partial charge in [0.15, 0.2) is 0 Å². The minimum Gasteiger partial charge on any atom is -0.340 e. The van der Waals surface area contributed by atoms with Crippen molar-refractivity contribution in [1.82, 2.24) is 30.6 Å². The van der Waals surface area contributed by atoms with Gasteiger partial charge in [0, 0.05) is 11.8 Å². The molecular weight excluding hydrogens is 427 g/mol. The van der Waals surface area contributed by atoms with Crippen LogP contribution in [0.3, 0.4) is 0 Å². The molecule has 2 aromatic heterocycles. The second kappa shape index (κ2) is 10.9. The number of carbonyl (C=O) groups excluding carboxylic acids is 2. The molecule has 0 saturated carbocycles. The maximum absolute atomic E-state index is 12.2. The van der Waals surface area contributed by atoms with Gasteiger partial charge in [-0.1, -0.05) is 62.7 Å². The highest BCUT2D eigenvalue weighted by Crippen LogP contribution is 2.17. The average molecular weight is 449 g/mol. The summed E-state index contributed by atoms with van der Waals surface area (Å²) in [6.07, 6.45) is 2.81. The molecule has 0 aliphatic heterocycles. The fraction of sp³-hybridized carbons (Fsp3) is 0.400. The minimum absolute atomic E-state index is 0.0669. The highest BCUT2D eigenvalue weighted by Gasteiger charge is 2.16. The lowest BCUT2D eigenvalue weighted by molar-refractivity contribution is 0.0944. The number of aromatic nitrogens is 4. The lowest BCUT2D eigenvalue weighted by atomic mass is 10.2. The number of rotatable bonds is 6. The number of hydrogen-bond donors (Lipinski definition) is 2. The summed E-state index contributed by atoms with van der Waals surface area (Å²) in [6.45, 7) is 7.81. The molecule has 0 unspecified atom stereocenters. The lowest BCUT2D eigenvalue weighted by Crippen LogP contribution is -2.27. The van der Waals surface area contributed by atoms with E-state index in [0.717, 1.165) is 0 Å². The maximum atomic E-state index is 12.2. The van der Waals surface area contributed by atoms with Crippen LogP contribution in [0.15, 0.2) is 12.4 Å². The van der Waals surface area contributed by atoms with Crippen LogP contribution in [0.2, 0.25) is 10.0 Å². The van der Waals surface area contributed by atoms with E-state index in [0.29, 0.717) is 11.6 Å². The van der Waals surface area contributed by atoms with Crippen LogP contribution in [-0.2, 0) is 0 Å². The van der Waals surface area contributed by atoms with E-state index >= 15 is 0 Å². The van der Waals surface area contributed by atoms with Crippen molar-refractivity contribution in [2.45, 2.75) is 39.5 Å². The van der Waals surface area contributed by atoms with Crippen LogP contribution in [-0.4, -0.2) is 44.8 Å². The van der Waals surface area contributed by atoms with Crippen molar-refractivity contribution < 1.29 is 9.59 Å². The number of amides is 2. The van der Waals surface area contributed by atoms with Crippen molar-refractivity contribution in [1.29, 1.82) is 0 Å². The molecule has 0 fully saturated rings. The third kappa shape index (κ3) is 6.37. The Balaban J connectivity index is 1.88. The number of hydrogen-bond acceptors (Lipinski definition) is 6. The Kier molecular flexibility index (Phi) is 8.51. The van der Waals surface area contributed by atoms with Crippen LogP contribution in [0.1, 0.15) is 72.2 Å². The van der Waals surface area contributed by atoms with Crippen LogP contribution in [0.4, 0.5) is 0 Å². The summed E-state index contributed by atoms with van der Waals surface area (Å²) in [4.78, 5) is 41.0. The monoisotopic (exact) mass is 448 g/mol. The van der Waals surface area contributed by atoms with Gasteiger partial charge in [-0.3, -0.25) is 9.59 Å². The minimum atomic E-state index is -0.448. The third-order valence-corrected chi connectivity index (χ3v) is 4.34. The molecule has 8 nitrogen and oxygen atoms in total. The SMILES string of the molecule is CC(C)c1ncc(Cl)c(C(=O)NCC#CCNC(=O)c2nc(C(C)C)ncc2Cl)n1. The summed E-state index contributed by atoms with van der Waals surface area (Å²) < 4.78 is 0. The van der Waals surface area contributed by atoms with Gasteiger partial charge in [0.1, 0.15) is 23.0 Å². The molecule has 2 heterocycles. The predicted molar refractivity (Wildman–Crippen MR) is 115 cm³/mol. The Morgan fingerprint density at radius 1 is 0.833 bits per heavy atom. The van der Waals surface area contributed by atoms with Crippen molar-refractivity contribution >= 4 is 35.0 Å². The number of halogens is 2. The van der Waals surface area contributed by atoms with Crippen LogP contribution in [0, 0.1) is 11.8 Å². The van der Waals surface area contributed by atoms with Gasteiger partial charge in [-0.25, -0.2) is 19.9 Å². The van der Waals surface area contributed by atoms with Crippen LogP contribution < -0.4 is 10.6 Å². The molecule has 10 heteroatoms. The number of carbonyl (C=O) groups is 2. The first-order valence-electron chi connectivity index (χ1n) is 9.27. The summed E-state index contributed by atoms with van der Waals surface area (Å²) >= 11 is 12.0. The van der Waals surface area contributed by atoms with Gasteiger partial charge in [-0.15, -0.1) is 0 Å².